The van der Waals surface area contributed by atoms with Gasteiger partial charge in [-0.25, -0.2) is 0 Å². The first kappa shape index (κ1) is 19.9. The highest BCUT2D eigenvalue weighted by atomic mass is 16.2. The Bertz CT molecular complexity index is 1090. The Morgan fingerprint density at radius 2 is 1.48 bits per heavy atom. The Morgan fingerprint density at radius 3 is 2.17 bits per heavy atom. The third kappa shape index (κ3) is 4.73. The predicted molar refractivity (Wildman–Crippen MR) is 113 cm³/mol. The fourth-order valence-corrected chi connectivity index (χ4v) is 2.90. The molecular formula is C23H21N3O3. The number of aryl methyl sites for hydroxylation is 2. The Labute approximate surface area is 169 Å². The van der Waals surface area contributed by atoms with Gasteiger partial charge in [-0.15, -0.1) is 0 Å². The van der Waals surface area contributed by atoms with Crippen molar-refractivity contribution in [3.63, 3.8) is 0 Å². The summed E-state index contributed by atoms with van der Waals surface area (Å²) < 4.78 is 0. The van der Waals surface area contributed by atoms with Crippen molar-refractivity contribution >= 4 is 29.0 Å². The standard InChI is InChI=1S/C23H21N3O3/c1-14-6-4-7-15(2)21(14)26-22(28)18-10-11-24-20(13-18)23(29)25-19-9-5-8-17(12-19)16(3)27/h4-13H,1-3H3,(H,25,29)(H,26,28). The highest BCUT2D eigenvalue weighted by Crippen LogP contribution is 2.20. The van der Waals surface area contributed by atoms with Crippen LogP contribution < -0.4 is 10.6 Å². The van der Waals surface area contributed by atoms with E-state index in [0.29, 0.717) is 16.8 Å². The van der Waals surface area contributed by atoms with E-state index in [2.05, 4.69) is 15.6 Å². The molecule has 0 aliphatic heterocycles. The number of rotatable bonds is 5. The van der Waals surface area contributed by atoms with Gasteiger partial charge in [0.2, 0.25) is 0 Å². The Kier molecular flexibility index (Phi) is 5.83. The van der Waals surface area contributed by atoms with Gasteiger partial charge in [-0.05, 0) is 56.2 Å². The zero-order valence-corrected chi connectivity index (χ0v) is 16.4. The summed E-state index contributed by atoms with van der Waals surface area (Å²) in [7, 11) is 0. The van der Waals surface area contributed by atoms with Crippen LogP contribution in [0.5, 0.6) is 0 Å². The van der Waals surface area contributed by atoms with Crippen molar-refractivity contribution in [3.8, 4) is 0 Å². The first-order chi connectivity index (χ1) is 13.8. The number of benzene rings is 2. The fraction of sp³-hybridized carbons (Fsp3) is 0.130. The van der Waals surface area contributed by atoms with E-state index >= 15 is 0 Å². The van der Waals surface area contributed by atoms with Crippen LogP contribution in [0.25, 0.3) is 0 Å². The number of amides is 2. The molecule has 6 nitrogen and oxygen atoms in total. The minimum atomic E-state index is -0.465. The van der Waals surface area contributed by atoms with Gasteiger partial charge in [0.05, 0.1) is 0 Å². The van der Waals surface area contributed by atoms with E-state index in [1.54, 1.807) is 30.3 Å². The summed E-state index contributed by atoms with van der Waals surface area (Å²) in [5.74, 6) is -0.880. The van der Waals surface area contributed by atoms with E-state index < -0.39 is 5.91 Å². The number of Topliss-reactive ketones (excluding diaryl/α,β-unsaturated/α-hetero) is 1. The molecule has 0 atom stereocenters. The summed E-state index contributed by atoms with van der Waals surface area (Å²) in [6, 6.07) is 15.4. The van der Waals surface area contributed by atoms with Crippen LogP contribution in [-0.4, -0.2) is 22.6 Å². The maximum absolute atomic E-state index is 12.7. The maximum Gasteiger partial charge on any atom is 0.274 e. The summed E-state index contributed by atoms with van der Waals surface area (Å²) in [5.41, 5.74) is 4.07. The van der Waals surface area contributed by atoms with E-state index in [1.165, 1.54) is 19.2 Å². The summed E-state index contributed by atoms with van der Waals surface area (Å²) in [4.78, 5) is 40.8. The molecule has 0 fully saturated rings. The van der Waals surface area contributed by atoms with E-state index in [9.17, 15) is 14.4 Å². The number of nitrogens with zero attached hydrogens (tertiary/aromatic N) is 1. The van der Waals surface area contributed by atoms with Crippen molar-refractivity contribution in [2.24, 2.45) is 0 Å². The molecule has 0 aliphatic carbocycles. The molecule has 0 bridgehead atoms. The number of carbonyl (C=O) groups is 3. The normalized spacial score (nSPS) is 10.3. The van der Waals surface area contributed by atoms with Gasteiger partial charge < -0.3 is 10.6 Å². The molecule has 1 aromatic heterocycles. The van der Waals surface area contributed by atoms with Gasteiger partial charge in [0.1, 0.15) is 5.69 Å². The van der Waals surface area contributed by atoms with Gasteiger partial charge in [0.25, 0.3) is 11.8 Å². The molecule has 0 spiro atoms. The van der Waals surface area contributed by atoms with Crippen LogP contribution >= 0.6 is 0 Å². The number of hydrogen-bond donors (Lipinski definition) is 2. The quantitative estimate of drug-likeness (QED) is 0.635. The molecule has 3 aromatic rings. The highest BCUT2D eigenvalue weighted by Gasteiger charge is 2.14. The molecule has 0 saturated heterocycles. The second-order valence-electron chi connectivity index (χ2n) is 6.74. The molecule has 2 amide bonds. The van der Waals surface area contributed by atoms with Crippen LogP contribution in [0.2, 0.25) is 0 Å². The molecule has 2 aromatic carbocycles. The summed E-state index contributed by atoms with van der Waals surface area (Å²) >= 11 is 0. The number of nitrogens with one attached hydrogen (secondary N) is 2. The van der Waals surface area contributed by atoms with E-state index in [4.69, 9.17) is 0 Å². The van der Waals surface area contributed by atoms with E-state index in [0.717, 1.165) is 16.8 Å². The second-order valence-corrected chi connectivity index (χ2v) is 6.74. The first-order valence-electron chi connectivity index (χ1n) is 9.11. The number of aromatic nitrogens is 1. The molecule has 6 heteroatoms. The molecular weight excluding hydrogens is 366 g/mol. The molecule has 0 radical (unpaired) electrons. The number of pyridine rings is 1. The first-order valence-corrected chi connectivity index (χ1v) is 9.11. The smallest absolute Gasteiger partial charge is 0.274 e. The lowest BCUT2D eigenvalue weighted by molar-refractivity contribution is 0.100. The zero-order valence-electron chi connectivity index (χ0n) is 16.4. The Hall–Kier alpha value is -3.80. The SMILES string of the molecule is CC(=O)c1cccc(NC(=O)c2cc(C(=O)Nc3c(C)cccc3C)ccn2)c1. The van der Waals surface area contributed by atoms with Crippen LogP contribution in [0.1, 0.15) is 49.3 Å². The van der Waals surface area contributed by atoms with Crippen LogP contribution in [0, 0.1) is 13.8 Å². The summed E-state index contributed by atoms with van der Waals surface area (Å²) in [5, 5.41) is 5.60. The third-order valence-electron chi connectivity index (χ3n) is 4.50. The zero-order chi connectivity index (χ0) is 21.0. The van der Waals surface area contributed by atoms with Crippen molar-refractivity contribution in [2.45, 2.75) is 20.8 Å². The van der Waals surface area contributed by atoms with E-state index in [-0.39, 0.29) is 17.4 Å². The van der Waals surface area contributed by atoms with Crippen molar-refractivity contribution in [2.75, 3.05) is 10.6 Å². The van der Waals surface area contributed by atoms with Crippen molar-refractivity contribution in [1.82, 2.24) is 4.98 Å². The van der Waals surface area contributed by atoms with Gasteiger partial charge in [-0.3, -0.25) is 19.4 Å². The molecule has 1 heterocycles. The lowest BCUT2D eigenvalue weighted by atomic mass is 10.1. The highest BCUT2D eigenvalue weighted by molar-refractivity contribution is 6.08. The largest absolute Gasteiger partial charge is 0.322 e. The maximum atomic E-state index is 12.7. The van der Waals surface area contributed by atoms with Gasteiger partial charge in [-0.2, -0.15) is 0 Å². The molecule has 0 aliphatic rings. The minimum Gasteiger partial charge on any atom is -0.322 e. The number of carbonyl (C=O) groups excluding carboxylic acids is 3. The lowest BCUT2D eigenvalue weighted by Gasteiger charge is -2.12. The number of para-hydroxylation sites is 1. The summed E-state index contributed by atoms with van der Waals surface area (Å²) in [6.45, 7) is 5.30. The third-order valence-corrected chi connectivity index (χ3v) is 4.50. The van der Waals surface area contributed by atoms with Crippen LogP contribution in [0.15, 0.2) is 60.8 Å². The van der Waals surface area contributed by atoms with Crippen molar-refractivity contribution in [3.05, 3.63) is 88.7 Å². The van der Waals surface area contributed by atoms with Crippen LogP contribution in [0.3, 0.4) is 0 Å². The minimum absolute atomic E-state index is 0.0932. The molecule has 2 N–H and O–H groups in total. The van der Waals surface area contributed by atoms with Crippen molar-refractivity contribution in [1.29, 1.82) is 0 Å². The van der Waals surface area contributed by atoms with E-state index in [1.807, 2.05) is 32.0 Å². The second kappa shape index (κ2) is 8.48. The van der Waals surface area contributed by atoms with Gasteiger partial charge in [0.15, 0.2) is 5.78 Å². The predicted octanol–water partition coefficient (Wildman–Crippen LogP) is 4.41. The molecule has 29 heavy (non-hydrogen) atoms. The molecule has 3 rings (SSSR count). The van der Waals surface area contributed by atoms with Crippen LogP contribution in [-0.2, 0) is 0 Å². The number of hydrogen-bond acceptors (Lipinski definition) is 4. The fourth-order valence-electron chi connectivity index (χ4n) is 2.90. The Balaban J connectivity index is 1.78. The van der Waals surface area contributed by atoms with Crippen LogP contribution in [0.4, 0.5) is 11.4 Å². The average molecular weight is 387 g/mol. The molecule has 0 saturated carbocycles. The molecule has 146 valence electrons. The summed E-state index contributed by atoms with van der Waals surface area (Å²) in [6.07, 6.45) is 1.42. The molecule has 0 unspecified atom stereocenters. The lowest BCUT2D eigenvalue weighted by Crippen LogP contribution is -2.17. The van der Waals surface area contributed by atoms with Gasteiger partial charge in [-0.1, -0.05) is 30.3 Å². The number of anilines is 2. The topological polar surface area (TPSA) is 88.2 Å². The Morgan fingerprint density at radius 1 is 0.793 bits per heavy atom. The average Bonchev–Trinajstić information content (AvgIpc) is 2.71. The monoisotopic (exact) mass is 387 g/mol. The van der Waals surface area contributed by atoms with Crippen molar-refractivity contribution < 1.29 is 14.4 Å². The van der Waals surface area contributed by atoms with Gasteiger partial charge >= 0.3 is 0 Å². The van der Waals surface area contributed by atoms with Gasteiger partial charge in [0, 0.05) is 28.7 Å². The number of ketones is 1.